The molecule has 3 aromatic rings. The summed E-state index contributed by atoms with van der Waals surface area (Å²) < 4.78 is 0. The second kappa shape index (κ2) is 5.32. The van der Waals surface area contributed by atoms with Gasteiger partial charge in [-0.2, -0.15) is 0 Å². The van der Waals surface area contributed by atoms with Gasteiger partial charge in [0.1, 0.15) is 0 Å². The van der Waals surface area contributed by atoms with E-state index < -0.39 is 0 Å². The van der Waals surface area contributed by atoms with Gasteiger partial charge < -0.3 is 0 Å². The molecule has 0 bridgehead atoms. The van der Waals surface area contributed by atoms with E-state index in [0.717, 1.165) is 0 Å². The fourth-order valence-corrected chi connectivity index (χ4v) is 5.00. The number of hydrogen-bond acceptors (Lipinski definition) is 0. The zero-order valence-corrected chi connectivity index (χ0v) is 14.7. The quantitative estimate of drug-likeness (QED) is 0.532. The number of fused-ring (bicyclic) bond motifs is 3. The average Bonchev–Trinajstić information content (AvgIpc) is 3.26. The summed E-state index contributed by atoms with van der Waals surface area (Å²) in [6, 6.07) is 22.5. The van der Waals surface area contributed by atoms with Crippen molar-refractivity contribution in [3.05, 3.63) is 117 Å². The van der Waals surface area contributed by atoms with E-state index in [1.807, 2.05) is 0 Å². The summed E-state index contributed by atoms with van der Waals surface area (Å²) in [7, 11) is 0. The molecule has 2 atom stereocenters. The lowest BCUT2D eigenvalue weighted by atomic mass is 9.73. The molecule has 0 aliphatic heterocycles. The molecular formula is C26H20. The molecule has 0 nitrogen and oxygen atoms in total. The summed E-state index contributed by atoms with van der Waals surface area (Å²) in [5, 5.41) is 0. The van der Waals surface area contributed by atoms with E-state index in [4.69, 9.17) is 0 Å². The van der Waals surface area contributed by atoms with E-state index in [1.165, 1.54) is 40.7 Å². The van der Waals surface area contributed by atoms with Crippen LogP contribution in [0.5, 0.6) is 0 Å². The summed E-state index contributed by atoms with van der Waals surface area (Å²) >= 11 is 0. The Balaban J connectivity index is 1.56. The Hall–Kier alpha value is -2.86. The minimum atomic E-state index is 0.383. The predicted molar refractivity (Wildman–Crippen MR) is 108 cm³/mol. The van der Waals surface area contributed by atoms with Gasteiger partial charge in [-0.05, 0) is 57.3 Å². The second-order valence-corrected chi connectivity index (χ2v) is 7.64. The van der Waals surface area contributed by atoms with Crippen molar-refractivity contribution in [3.63, 3.8) is 0 Å². The molecule has 3 aliphatic rings. The van der Waals surface area contributed by atoms with Gasteiger partial charge in [0.2, 0.25) is 0 Å². The molecular weight excluding hydrogens is 312 g/mol. The largest absolute Gasteiger partial charge is 0.0720 e. The first-order chi connectivity index (χ1) is 12.9. The third kappa shape index (κ3) is 1.90. The van der Waals surface area contributed by atoms with Crippen LogP contribution >= 0.6 is 0 Å². The van der Waals surface area contributed by atoms with E-state index in [9.17, 15) is 0 Å². The molecule has 124 valence electrons. The third-order valence-corrected chi connectivity index (χ3v) is 6.38. The van der Waals surface area contributed by atoms with Crippen LogP contribution in [-0.4, -0.2) is 0 Å². The highest BCUT2D eigenvalue weighted by atomic mass is 14.3. The SMILES string of the molecule is C1=CC(c2ccc3c(c2C2C=Cc4ccccc42)CC3)c2ccccc21. The molecule has 6 rings (SSSR count). The van der Waals surface area contributed by atoms with E-state index in [1.54, 1.807) is 16.7 Å². The van der Waals surface area contributed by atoms with E-state index in [0.29, 0.717) is 11.8 Å². The van der Waals surface area contributed by atoms with Gasteiger partial charge in [-0.25, -0.2) is 0 Å². The monoisotopic (exact) mass is 332 g/mol. The summed E-state index contributed by atoms with van der Waals surface area (Å²) in [6.45, 7) is 0. The summed E-state index contributed by atoms with van der Waals surface area (Å²) in [6.07, 6.45) is 11.9. The number of aryl methyl sites for hydroxylation is 1. The zero-order chi connectivity index (χ0) is 17.1. The Morgan fingerprint density at radius 2 is 1.23 bits per heavy atom. The molecule has 0 spiro atoms. The van der Waals surface area contributed by atoms with Crippen molar-refractivity contribution in [1.29, 1.82) is 0 Å². The van der Waals surface area contributed by atoms with Crippen LogP contribution in [0.25, 0.3) is 12.2 Å². The van der Waals surface area contributed by atoms with Crippen LogP contribution in [-0.2, 0) is 12.8 Å². The van der Waals surface area contributed by atoms with Crippen LogP contribution in [0.3, 0.4) is 0 Å². The highest BCUT2D eigenvalue weighted by Gasteiger charge is 2.31. The van der Waals surface area contributed by atoms with Crippen molar-refractivity contribution in [2.75, 3.05) is 0 Å². The van der Waals surface area contributed by atoms with Gasteiger partial charge in [0.05, 0.1) is 0 Å². The molecule has 0 N–H and O–H groups in total. The third-order valence-electron chi connectivity index (χ3n) is 6.38. The molecule has 2 unspecified atom stereocenters. The van der Waals surface area contributed by atoms with Crippen molar-refractivity contribution in [1.82, 2.24) is 0 Å². The first-order valence-corrected chi connectivity index (χ1v) is 9.59. The van der Waals surface area contributed by atoms with E-state index >= 15 is 0 Å². The molecule has 0 fully saturated rings. The number of hydrogen-bond donors (Lipinski definition) is 0. The fourth-order valence-electron chi connectivity index (χ4n) is 5.00. The van der Waals surface area contributed by atoms with Gasteiger partial charge in [0, 0.05) is 11.8 Å². The maximum Gasteiger partial charge on any atom is 0.0284 e. The average molecular weight is 332 g/mol. The van der Waals surface area contributed by atoms with Crippen LogP contribution in [0.4, 0.5) is 0 Å². The smallest absolute Gasteiger partial charge is 0.0284 e. The standard InChI is InChI=1S/C26H20/c1-3-7-20-17(5-1)10-14-23(20)25-16-12-19-9-13-22(19)26(25)24-15-11-18-6-2-4-8-21(18)24/h1-8,10-12,14-16,23-24H,9,13H2. The van der Waals surface area contributed by atoms with Crippen LogP contribution < -0.4 is 0 Å². The van der Waals surface area contributed by atoms with Crippen molar-refractivity contribution < 1.29 is 0 Å². The lowest BCUT2D eigenvalue weighted by molar-refractivity contribution is 0.790. The first-order valence-electron chi connectivity index (χ1n) is 9.59. The normalized spacial score (nSPS) is 21.2. The Morgan fingerprint density at radius 1 is 0.577 bits per heavy atom. The van der Waals surface area contributed by atoms with Crippen molar-refractivity contribution in [2.45, 2.75) is 24.7 Å². The minimum Gasteiger partial charge on any atom is -0.0720 e. The Bertz CT molecular complexity index is 1100. The highest BCUT2D eigenvalue weighted by Crippen LogP contribution is 2.46. The van der Waals surface area contributed by atoms with E-state index in [2.05, 4.69) is 85.0 Å². The second-order valence-electron chi connectivity index (χ2n) is 7.64. The molecule has 0 saturated carbocycles. The lowest BCUT2D eigenvalue weighted by Gasteiger charge is -2.30. The van der Waals surface area contributed by atoms with Crippen molar-refractivity contribution in [3.8, 4) is 0 Å². The zero-order valence-electron chi connectivity index (χ0n) is 14.7. The number of benzene rings is 3. The van der Waals surface area contributed by atoms with Gasteiger partial charge in [-0.3, -0.25) is 0 Å². The van der Waals surface area contributed by atoms with Crippen LogP contribution in [0.2, 0.25) is 0 Å². The lowest BCUT2D eigenvalue weighted by Crippen LogP contribution is -2.17. The molecule has 0 amide bonds. The number of allylic oxidation sites excluding steroid dienone is 2. The predicted octanol–water partition coefficient (Wildman–Crippen LogP) is 6.10. The van der Waals surface area contributed by atoms with Gasteiger partial charge in [-0.1, -0.05) is 85.0 Å². The molecule has 3 aromatic carbocycles. The van der Waals surface area contributed by atoms with Gasteiger partial charge in [-0.15, -0.1) is 0 Å². The van der Waals surface area contributed by atoms with Crippen LogP contribution in [0.15, 0.2) is 72.8 Å². The molecule has 0 aromatic heterocycles. The van der Waals surface area contributed by atoms with Gasteiger partial charge >= 0.3 is 0 Å². The van der Waals surface area contributed by atoms with Crippen LogP contribution in [0.1, 0.15) is 56.3 Å². The minimum absolute atomic E-state index is 0.383. The Morgan fingerprint density at radius 3 is 1.92 bits per heavy atom. The summed E-state index contributed by atoms with van der Waals surface area (Å²) in [5.41, 5.74) is 11.9. The highest BCUT2D eigenvalue weighted by molar-refractivity contribution is 5.71. The Kier molecular flexibility index (Phi) is 2.93. The Labute approximate surface area is 154 Å². The van der Waals surface area contributed by atoms with Crippen molar-refractivity contribution in [2.24, 2.45) is 0 Å². The molecule has 0 heteroatoms. The van der Waals surface area contributed by atoms with Gasteiger partial charge in [0.25, 0.3) is 0 Å². The van der Waals surface area contributed by atoms with Gasteiger partial charge in [0.15, 0.2) is 0 Å². The maximum atomic E-state index is 2.41. The van der Waals surface area contributed by atoms with Crippen molar-refractivity contribution >= 4 is 12.2 Å². The first kappa shape index (κ1) is 14.3. The summed E-state index contributed by atoms with van der Waals surface area (Å²) in [4.78, 5) is 0. The maximum absolute atomic E-state index is 2.41. The topological polar surface area (TPSA) is 0 Å². The van der Waals surface area contributed by atoms with Crippen LogP contribution in [0, 0.1) is 0 Å². The summed E-state index contributed by atoms with van der Waals surface area (Å²) in [5.74, 6) is 0.783. The molecule has 3 aliphatic carbocycles. The number of rotatable bonds is 2. The molecule has 0 saturated heterocycles. The van der Waals surface area contributed by atoms with E-state index in [-0.39, 0.29) is 0 Å². The molecule has 0 heterocycles. The fraction of sp³-hybridized carbons (Fsp3) is 0.154. The molecule has 0 radical (unpaired) electrons. The molecule has 26 heavy (non-hydrogen) atoms.